The van der Waals surface area contributed by atoms with Crippen molar-refractivity contribution in [2.24, 2.45) is 11.1 Å². The van der Waals surface area contributed by atoms with E-state index in [4.69, 9.17) is 5.73 Å². The van der Waals surface area contributed by atoms with E-state index in [0.717, 1.165) is 6.54 Å². The van der Waals surface area contributed by atoms with Gasteiger partial charge in [-0.25, -0.2) is 0 Å². The van der Waals surface area contributed by atoms with Crippen LogP contribution in [0.2, 0.25) is 0 Å². The summed E-state index contributed by atoms with van der Waals surface area (Å²) in [6, 6.07) is 8.71. The van der Waals surface area contributed by atoms with Gasteiger partial charge >= 0.3 is 0 Å². The Morgan fingerprint density at radius 1 is 1.17 bits per heavy atom. The summed E-state index contributed by atoms with van der Waals surface area (Å²) in [6.07, 6.45) is 8.46. The zero-order valence-corrected chi connectivity index (χ0v) is 12.1. The van der Waals surface area contributed by atoms with Crippen molar-refractivity contribution in [2.75, 3.05) is 6.54 Å². The van der Waals surface area contributed by atoms with Crippen molar-refractivity contribution in [3.63, 3.8) is 0 Å². The Balaban J connectivity index is 1.73. The molecule has 0 aliphatic heterocycles. The summed E-state index contributed by atoms with van der Waals surface area (Å²) < 4.78 is 0.330. The second-order valence-electron chi connectivity index (χ2n) is 6.32. The molecule has 1 nitrogen and oxygen atoms in total. The number of nitrogens with two attached hydrogens (primary N) is 1. The molecule has 1 aromatic rings. The summed E-state index contributed by atoms with van der Waals surface area (Å²) in [5, 5.41) is 0. The molecule has 0 unspecified atom stereocenters. The lowest BCUT2D eigenvalue weighted by atomic mass is 9.60. The third-order valence-electron chi connectivity index (χ3n) is 4.85. The molecule has 3 rings (SSSR count). The standard InChI is InChI=1S/C16H23NS/c1-13-6-2-3-7-14(13)18-16(12-17)10-15(11-16)8-4-5-9-15/h2-3,6-7H,4-5,8-12,17H2,1H3. The van der Waals surface area contributed by atoms with Crippen LogP contribution in [0.3, 0.4) is 0 Å². The summed E-state index contributed by atoms with van der Waals surface area (Å²) in [5.41, 5.74) is 8.16. The summed E-state index contributed by atoms with van der Waals surface area (Å²) in [4.78, 5) is 1.43. The molecule has 2 saturated carbocycles. The molecular formula is C16H23NS. The smallest absolute Gasteiger partial charge is 0.0340 e. The van der Waals surface area contributed by atoms with Gasteiger partial charge in [0.15, 0.2) is 0 Å². The predicted molar refractivity (Wildman–Crippen MR) is 79.0 cm³/mol. The summed E-state index contributed by atoms with van der Waals surface area (Å²) >= 11 is 2.04. The number of aryl methyl sites for hydroxylation is 1. The van der Waals surface area contributed by atoms with Gasteiger partial charge in [-0.15, -0.1) is 11.8 Å². The van der Waals surface area contributed by atoms with E-state index in [9.17, 15) is 0 Å². The van der Waals surface area contributed by atoms with Crippen molar-refractivity contribution in [1.29, 1.82) is 0 Å². The molecule has 1 aromatic carbocycles. The van der Waals surface area contributed by atoms with Crippen LogP contribution in [0.15, 0.2) is 29.2 Å². The number of thioether (sulfide) groups is 1. The Labute approximate surface area is 115 Å². The topological polar surface area (TPSA) is 26.0 Å². The van der Waals surface area contributed by atoms with Gasteiger partial charge in [-0.3, -0.25) is 0 Å². The van der Waals surface area contributed by atoms with Crippen LogP contribution in [0.1, 0.15) is 44.1 Å². The Morgan fingerprint density at radius 3 is 2.44 bits per heavy atom. The zero-order chi connectivity index (χ0) is 12.6. The largest absolute Gasteiger partial charge is 0.329 e. The Bertz CT molecular complexity index is 426. The average molecular weight is 261 g/mol. The molecule has 0 aromatic heterocycles. The van der Waals surface area contributed by atoms with Crippen molar-refractivity contribution < 1.29 is 0 Å². The van der Waals surface area contributed by atoms with Crippen molar-refractivity contribution in [1.82, 2.24) is 0 Å². The van der Waals surface area contributed by atoms with Gasteiger partial charge in [0.05, 0.1) is 0 Å². The molecule has 0 amide bonds. The minimum atomic E-state index is 0.330. The van der Waals surface area contributed by atoms with Gasteiger partial charge in [0.25, 0.3) is 0 Å². The average Bonchev–Trinajstić information content (AvgIpc) is 2.80. The maximum atomic E-state index is 6.10. The molecule has 0 bridgehead atoms. The first kappa shape index (κ1) is 12.6. The molecule has 2 fully saturated rings. The second kappa shape index (κ2) is 4.57. The van der Waals surface area contributed by atoms with Gasteiger partial charge in [0, 0.05) is 16.2 Å². The molecule has 1 spiro atoms. The highest BCUT2D eigenvalue weighted by Gasteiger charge is 2.54. The molecule has 0 atom stereocenters. The Kier molecular flexibility index (Phi) is 3.19. The number of rotatable bonds is 3. The predicted octanol–water partition coefficient (Wildman–Crippen LogP) is 4.14. The highest BCUT2D eigenvalue weighted by Crippen LogP contribution is 2.63. The second-order valence-corrected chi connectivity index (χ2v) is 7.83. The van der Waals surface area contributed by atoms with E-state index in [1.54, 1.807) is 0 Å². The van der Waals surface area contributed by atoms with E-state index in [1.165, 1.54) is 49.0 Å². The molecule has 2 aliphatic carbocycles. The normalized spacial score (nSPS) is 24.1. The number of hydrogen-bond donors (Lipinski definition) is 1. The van der Waals surface area contributed by atoms with E-state index in [0.29, 0.717) is 10.2 Å². The highest BCUT2D eigenvalue weighted by atomic mass is 32.2. The molecule has 0 saturated heterocycles. The lowest BCUT2D eigenvalue weighted by Gasteiger charge is -2.54. The fraction of sp³-hybridized carbons (Fsp3) is 0.625. The van der Waals surface area contributed by atoms with Crippen LogP contribution >= 0.6 is 11.8 Å². The fourth-order valence-electron chi connectivity index (χ4n) is 3.96. The minimum absolute atomic E-state index is 0.330. The van der Waals surface area contributed by atoms with Gasteiger partial charge < -0.3 is 5.73 Å². The van der Waals surface area contributed by atoms with Gasteiger partial charge in [-0.1, -0.05) is 31.0 Å². The molecule has 18 heavy (non-hydrogen) atoms. The summed E-state index contributed by atoms with van der Waals surface area (Å²) in [6.45, 7) is 3.03. The van der Waals surface area contributed by atoms with E-state index in [-0.39, 0.29) is 0 Å². The molecule has 2 heteroatoms. The van der Waals surface area contributed by atoms with Crippen molar-refractivity contribution in [3.05, 3.63) is 29.8 Å². The third kappa shape index (κ3) is 2.10. The summed E-state index contributed by atoms with van der Waals surface area (Å²) in [5.74, 6) is 0. The first-order chi connectivity index (χ1) is 8.67. The molecular weight excluding hydrogens is 238 g/mol. The fourth-order valence-corrected chi connectivity index (χ4v) is 5.64. The first-order valence-corrected chi connectivity index (χ1v) is 7.94. The number of hydrogen-bond acceptors (Lipinski definition) is 2. The first-order valence-electron chi connectivity index (χ1n) is 7.12. The summed E-state index contributed by atoms with van der Waals surface area (Å²) in [7, 11) is 0. The highest BCUT2D eigenvalue weighted by molar-refractivity contribution is 8.00. The van der Waals surface area contributed by atoms with Crippen LogP contribution in [0, 0.1) is 12.3 Å². The minimum Gasteiger partial charge on any atom is -0.329 e. The quantitative estimate of drug-likeness (QED) is 0.885. The van der Waals surface area contributed by atoms with Crippen molar-refractivity contribution in [2.45, 2.75) is 55.1 Å². The molecule has 2 aliphatic rings. The van der Waals surface area contributed by atoms with Gasteiger partial charge in [0.2, 0.25) is 0 Å². The molecule has 2 N–H and O–H groups in total. The van der Waals surface area contributed by atoms with E-state index >= 15 is 0 Å². The van der Waals surface area contributed by atoms with E-state index in [1.807, 2.05) is 11.8 Å². The molecule has 0 radical (unpaired) electrons. The van der Waals surface area contributed by atoms with Crippen molar-refractivity contribution >= 4 is 11.8 Å². The van der Waals surface area contributed by atoms with Crippen LogP contribution in [-0.2, 0) is 0 Å². The lowest BCUT2D eigenvalue weighted by molar-refractivity contribution is 0.0935. The van der Waals surface area contributed by atoms with E-state index < -0.39 is 0 Å². The van der Waals surface area contributed by atoms with Crippen LogP contribution < -0.4 is 5.73 Å². The monoisotopic (exact) mass is 261 g/mol. The Hall–Kier alpha value is -0.470. The molecule has 98 valence electrons. The van der Waals surface area contributed by atoms with Gasteiger partial charge in [-0.2, -0.15) is 0 Å². The third-order valence-corrected chi connectivity index (χ3v) is 6.42. The van der Waals surface area contributed by atoms with Crippen LogP contribution in [0.5, 0.6) is 0 Å². The van der Waals surface area contributed by atoms with Gasteiger partial charge in [0.1, 0.15) is 0 Å². The zero-order valence-electron chi connectivity index (χ0n) is 11.2. The van der Waals surface area contributed by atoms with Crippen LogP contribution in [-0.4, -0.2) is 11.3 Å². The number of benzene rings is 1. The van der Waals surface area contributed by atoms with Crippen LogP contribution in [0.4, 0.5) is 0 Å². The van der Waals surface area contributed by atoms with Crippen molar-refractivity contribution in [3.8, 4) is 0 Å². The SMILES string of the molecule is Cc1ccccc1SC1(CN)CC2(CCCC2)C1. The van der Waals surface area contributed by atoms with Gasteiger partial charge in [-0.05, 0) is 49.7 Å². The maximum absolute atomic E-state index is 6.10. The Morgan fingerprint density at radius 2 is 1.83 bits per heavy atom. The van der Waals surface area contributed by atoms with E-state index in [2.05, 4.69) is 31.2 Å². The maximum Gasteiger partial charge on any atom is 0.0340 e. The lowest BCUT2D eigenvalue weighted by Crippen LogP contribution is -2.52. The van der Waals surface area contributed by atoms with Crippen LogP contribution in [0.25, 0.3) is 0 Å². The molecule has 0 heterocycles.